The normalized spacial score (nSPS) is 10.6. The molecular formula is C15H15F2N. The van der Waals surface area contributed by atoms with Crippen LogP contribution in [0.1, 0.15) is 25.3 Å². The molecule has 2 rings (SSSR count). The van der Waals surface area contributed by atoms with E-state index in [1.54, 1.807) is 0 Å². The number of unbranched alkanes of at least 4 members (excludes halogenated alkanes) is 1. The zero-order chi connectivity index (χ0) is 13.0. The van der Waals surface area contributed by atoms with Crippen molar-refractivity contribution in [3.05, 3.63) is 53.9 Å². The van der Waals surface area contributed by atoms with Gasteiger partial charge in [0.25, 0.3) is 0 Å². The fourth-order valence-electron chi connectivity index (χ4n) is 1.86. The molecule has 0 spiro atoms. The summed E-state index contributed by atoms with van der Waals surface area (Å²) < 4.78 is 26.2. The maximum absolute atomic E-state index is 13.5. The van der Waals surface area contributed by atoms with Crippen molar-refractivity contribution in [3.63, 3.8) is 0 Å². The second-order valence-corrected chi connectivity index (χ2v) is 4.27. The van der Waals surface area contributed by atoms with E-state index in [2.05, 4.69) is 11.9 Å². The summed E-state index contributed by atoms with van der Waals surface area (Å²) >= 11 is 0. The van der Waals surface area contributed by atoms with Gasteiger partial charge in [-0.2, -0.15) is 13.8 Å². The first kappa shape index (κ1) is 12.7. The SMILES string of the molecule is CCCCc1ccc(-c2ccc(F)nc2F)cc1. The second-order valence-electron chi connectivity index (χ2n) is 4.27. The molecular weight excluding hydrogens is 232 g/mol. The summed E-state index contributed by atoms with van der Waals surface area (Å²) in [5.41, 5.74) is 2.29. The molecule has 0 saturated heterocycles. The third-order valence-corrected chi connectivity index (χ3v) is 2.90. The molecule has 2 aromatic rings. The van der Waals surface area contributed by atoms with Gasteiger partial charge in [-0.25, -0.2) is 0 Å². The van der Waals surface area contributed by atoms with Gasteiger partial charge in [-0.3, -0.25) is 0 Å². The van der Waals surface area contributed by atoms with Crippen LogP contribution in [-0.2, 0) is 6.42 Å². The van der Waals surface area contributed by atoms with Gasteiger partial charge in [-0.05, 0) is 36.1 Å². The predicted octanol–water partition coefficient (Wildman–Crippen LogP) is 4.37. The fourth-order valence-corrected chi connectivity index (χ4v) is 1.86. The Bertz CT molecular complexity index is 521. The Balaban J connectivity index is 2.23. The van der Waals surface area contributed by atoms with Crippen LogP contribution in [0.5, 0.6) is 0 Å². The number of hydrogen-bond acceptors (Lipinski definition) is 1. The second kappa shape index (κ2) is 5.71. The van der Waals surface area contributed by atoms with Crippen molar-refractivity contribution in [2.75, 3.05) is 0 Å². The van der Waals surface area contributed by atoms with Gasteiger partial charge in [0.05, 0.1) is 0 Å². The van der Waals surface area contributed by atoms with Crippen LogP contribution in [0.25, 0.3) is 11.1 Å². The lowest BCUT2D eigenvalue weighted by Gasteiger charge is -2.05. The molecule has 0 radical (unpaired) electrons. The maximum atomic E-state index is 13.5. The molecule has 1 heterocycles. The summed E-state index contributed by atoms with van der Waals surface area (Å²) in [5, 5.41) is 0. The number of aromatic nitrogens is 1. The Kier molecular flexibility index (Phi) is 4.03. The Hall–Kier alpha value is -1.77. The van der Waals surface area contributed by atoms with E-state index < -0.39 is 11.9 Å². The largest absolute Gasteiger partial charge is 0.223 e. The zero-order valence-electron chi connectivity index (χ0n) is 10.3. The topological polar surface area (TPSA) is 12.9 Å². The number of halogens is 2. The molecule has 1 aromatic heterocycles. The first-order valence-corrected chi connectivity index (χ1v) is 6.12. The molecule has 0 N–H and O–H groups in total. The molecule has 0 saturated carbocycles. The minimum atomic E-state index is -0.796. The summed E-state index contributed by atoms with van der Waals surface area (Å²) in [6, 6.07) is 10.2. The van der Waals surface area contributed by atoms with Crippen molar-refractivity contribution in [1.29, 1.82) is 0 Å². The molecule has 3 heteroatoms. The lowest BCUT2D eigenvalue weighted by Crippen LogP contribution is -1.92. The third kappa shape index (κ3) is 2.92. The number of benzene rings is 1. The molecule has 0 fully saturated rings. The van der Waals surface area contributed by atoms with E-state index in [0.717, 1.165) is 24.8 Å². The average molecular weight is 247 g/mol. The Morgan fingerprint density at radius 3 is 2.33 bits per heavy atom. The van der Waals surface area contributed by atoms with Gasteiger partial charge < -0.3 is 0 Å². The first-order valence-electron chi connectivity index (χ1n) is 6.12. The lowest BCUT2D eigenvalue weighted by atomic mass is 10.0. The van der Waals surface area contributed by atoms with Gasteiger partial charge in [0, 0.05) is 5.56 Å². The first-order chi connectivity index (χ1) is 8.70. The van der Waals surface area contributed by atoms with Crippen molar-refractivity contribution >= 4 is 0 Å². The van der Waals surface area contributed by atoms with E-state index in [-0.39, 0.29) is 0 Å². The summed E-state index contributed by atoms with van der Waals surface area (Å²) in [5.74, 6) is -1.56. The molecule has 0 aliphatic rings. The molecule has 1 nitrogen and oxygen atoms in total. The molecule has 0 atom stereocenters. The number of hydrogen-bond donors (Lipinski definition) is 0. The minimum absolute atomic E-state index is 0.332. The number of pyridine rings is 1. The van der Waals surface area contributed by atoms with Crippen LogP contribution in [0, 0.1) is 11.9 Å². The summed E-state index contributed by atoms with van der Waals surface area (Å²) in [7, 11) is 0. The van der Waals surface area contributed by atoms with Crippen molar-refractivity contribution in [1.82, 2.24) is 4.98 Å². The molecule has 0 aliphatic carbocycles. The van der Waals surface area contributed by atoms with Gasteiger partial charge >= 0.3 is 0 Å². The molecule has 0 unspecified atom stereocenters. The highest BCUT2D eigenvalue weighted by atomic mass is 19.1. The van der Waals surface area contributed by atoms with Crippen LogP contribution >= 0.6 is 0 Å². The lowest BCUT2D eigenvalue weighted by molar-refractivity contribution is 0.515. The number of rotatable bonds is 4. The Morgan fingerprint density at radius 2 is 1.72 bits per heavy atom. The zero-order valence-corrected chi connectivity index (χ0v) is 10.3. The van der Waals surface area contributed by atoms with Crippen molar-refractivity contribution < 1.29 is 8.78 Å². The van der Waals surface area contributed by atoms with Crippen molar-refractivity contribution in [2.24, 2.45) is 0 Å². The van der Waals surface area contributed by atoms with Crippen molar-refractivity contribution in [3.8, 4) is 11.1 Å². The van der Waals surface area contributed by atoms with Gasteiger partial charge in [-0.1, -0.05) is 37.6 Å². The van der Waals surface area contributed by atoms with E-state index in [1.165, 1.54) is 17.7 Å². The highest BCUT2D eigenvalue weighted by molar-refractivity contribution is 5.63. The van der Waals surface area contributed by atoms with E-state index in [0.29, 0.717) is 5.56 Å². The molecule has 1 aromatic carbocycles. The Morgan fingerprint density at radius 1 is 1.00 bits per heavy atom. The molecule has 0 amide bonds. The quantitative estimate of drug-likeness (QED) is 0.731. The number of aryl methyl sites for hydroxylation is 1. The highest BCUT2D eigenvalue weighted by Gasteiger charge is 2.07. The fraction of sp³-hybridized carbons (Fsp3) is 0.267. The Labute approximate surface area is 105 Å². The third-order valence-electron chi connectivity index (χ3n) is 2.90. The van der Waals surface area contributed by atoms with Gasteiger partial charge in [0.2, 0.25) is 11.9 Å². The van der Waals surface area contributed by atoms with Crippen LogP contribution in [0.15, 0.2) is 36.4 Å². The highest BCUT2D eigenvalue weighted by Crippen LogP contribution is 2.22. The smallest absolute Gasteiger partial charge is 0.190 e. The molecule has 94 valence electrons. The molecule has 18 heavy (non-hydrogen) atoms. The molecule has 0 aliphatic heterocycles. The maximum Gasteiger partial charge on any atom is 0.223 e. The van der Waals surface area contributed by atoms with Crippen molar-refractivity contribution in [2.45, 2.75) is 26.2 Å². The van der Waals surface area contributed by atoms with Gasteiger partial charge in [-0.15, -0.1) is 0 Å². The van der Waals surface area contributed by atoms with E-state index in [4.69, 9.17) is 0 Å². The molecule has 0 bridgehead atoms. The monoisotopic (exact) mass is 247 g/mol. The summed E-state index contributed by atoms with van der Waals surface area (Å²) in [6.45, 7) is 2.15. The number of nitrogens with zero attached hydrogens (tertiary/aromatic N) is 1. The average Bonchev–Trinajstić information content (AvgIpc) is 2.37. The predicted molar refractivity (Wildman–Crippen MR) is 68.2 cm³/mol. The standard InChI is InChI=1S/C15H15F2N/c1-2-3-4-11-5-7-12(8-6-11)13-9-10-14(16)18-15(13)17/h5-10H,2-4H2,1H3. The van der Waals surface area contributed by atoms with Crippen LogP contribution < -0.4 is 0 Å². The van der Waals surface area contributed by atoms with E-state index in [1.807, 2.05) is 24.3 Å². The van der Waals surface area contributed by atoms with Crippen LogP contribution in [0.4, 0.5) is 8.78 Å². The van der Waals surface area contributed by atoms with Crippen LogP contribution in [-0.4, -0.2) is 4.98 Å². The van der Waals surface area contributed by atoms with Gasteiger partial charge in [0.15, 0.2) is 0 Å². The van der Waals surface area contributed by atoms with Crippen LogP contribution in [0.2, 0.25) is 0 Å². The van der Waals surface area contributed by atoms with E-state index >= 15 is 0 Å². The minimum Gasteiger partial charge on any atom is -0.190 e. The van der Waals surface area contributed by atoms with Crippen LogP contribution in [0.3, 0.4) is 0 Å². The summed E-state index contributed by atoms with van der Waals surface area (Å²) in [4.78, 5) is 3.19. The van der Waals surface area contributed by atoms with Gasteiger partial charge in [0.1, 0.15) is 0 Å². The van der Waals surface area contributed by atoms with E-state index in [9.17, 15) is 8.78 Å². The summed E-state index contributed by atoms with van der Waals surface area (Å²) in [6.07, 6.45) is 3.32.